The number of nitrogens with one attached hydrogen (secondary N) is 1. The second kappa shape index (κ2) is 10.4. The number of carbonyl (C=O) groups excluding carboxylic acids is 1. The number of anilines is 2. The van der Waals surface area contributed by atoms with E-state index < -0.39 is 22.5 Å². The SMILES string of the molecule is CCc1cccc(CC)c1NC(=O)CN(c1cc(Cl)cc(Cl)c1)S(=O)(=O)c1ccccc1. The zero-order chi connectivity index (χ0) is 23.3. The Hall–Kier alpha value is -2.54. The second-order valence-corrected chi connectivity index (χ2v) is 9.89. The van der Waals surface area contributed by atoms with Gasteiger partial charge < -0.3 is 5.32 Å². The summed E-state index contributed by atoms with van der Waals surface area (Å²) in [7, 11) is -4.05. The van der Waals surface area contributed by atoms with Gasteiger partial charge in [-0.3, -0.25) is 9.10 Å². The first-order chi connectivity index (χ1) is 15.3. The summed E-state index contributed by atoms with van der Waals surface area (Å²) in [6.07, 6.45) is 1.47. The minimum atomic E-state index is -4.05. The van der Waals surface area contributed by atoms with Crippen LogP contribution in [0.15, 0.2) is 71.6 Å². The minimum Gasteiger partial charge on any atom is -0.324 e. The molecule has 5 nitrogen and oxygen atoms in total. The number of hydrogen-bond acceptors (Lipinski definition) is 3. The summed E-state index contributed by atoms with van der Waals surface area (Å²) in [5.41, 5.74) is 2.91. The number of halogens is 2. The number of para-hydroxylation sites is 1. The molecule has 0 heterocycles. The maximum atomic E-state index is 13.4. The average Bonchev–Trinajstić information content (AvgIpc) is 2.77. The van der Waals surface area contributed by atoms with Gasteiger partial charge in [0.1, 0.15) is 6.54 Å². The van der Waals surface area contributed by atoms with Gasteiger partial charge in [0.05, 0.1) is 10.6 Å². The molecule has 0 aliphatic carbocycles. The van der Waals surface area contributed by atoms with Crippen LogP contribution in [0, 0.1) is 0 Å². The number of nitrogens with zero attached hydrogens (tertiary/aromatic N) is 1. The number of amides is 1. The van der Waals surface area contributed by atoms with Crippen LogP contribution in [-0.4, -0.2) is 20.9 Å². The fourth-order valence-electron chi connectivity index (χ4n) is 3.43. The summed E-state index contributed by atoms with van der Waals surface area (Å²) in [5, 5.41) is 3.46. The van der Waals surface area contributed by atoms with Crippen molar-refractivity contribution in [3.05, 3.63) is 87.9 Å². The van der Waals surface area contributed by atoms with Gasteiger partial charge in [-0.1, -0.05) is 73.4 Å². The van der Waals surface area contributed by atoms with E-state index in [1.54, 1.807) is 18.2 Å². The third-order valence-electron chi connectivity index (χ3n) is 5.02. The highest BCUT2D eigenvalue weighted by Crippen LogP contribution is 2.30. The maximum Gasteiger partial charge on any atom is 0.264 e. The number of benzene rings is 3. The molecule has 1 amide bonds. The Morgan fingerprint density at radius 3 is 1.97 bits per heavy atom. The van der Waals surface area contributed by atoms with Crippen molar-refractivity contribution in [1.82, 2.24) is 0 Å². The number of sulfonamides is 1. The fraction of sp³-hybridized carbons (Fsp3) is 0.208. The van der Waals surface area contributed by atoms with Crippen LogP contribution in [0.3, 0.4) is 0 Å². The van der Waals surface area contributed by atoms with Crippen LogP contribution < -0.4 is 9.62 Å². The van der Waals surface area contributed by atoms with Crippen molar-refractivity contribution in [2.24, 2.45) is 0 Å². The van der Waals surface area contributed by atoms with E-state index in [4.69, 9.17) is 23.2 Å². The lowest BCUT2D eigenvalue weighted by Crippen LogP contribution is -2.38. The van der Waals surface area contributed by atoms with Crippen LogP contribution in [0.5, 0.6) is 0 Å². The van der Waals surface area contributed by atoms with Gasteiger partial charge in [-0.2, -0.15) is 0 Å². The highest BCUT2D eigenvalue weighted by Gasteiger charge is 2.28. The van der Waals surface area contributed by atoms with Gasteiger partial charge in [-0.25, -0.2) is 8.42 Å². The molecule has 168 valence electrons. The Balaban J connectivity index is 2.01. The van der Waals surface area contributed by atoms with E-state index >= 15 is 0 Å². The van der Waals surface area contributed by atoms with Crippen molar-refractivity contribution >= 4 is 50.5 Å². The molecular weight excluding hydrogens is 467 g/mol. The lowest BCUT2D eigenvalue weighted by molar-refractivity contribution is -0.114. The molecule has 0 aromatic heterocycles. The zero-order valence-corrected chi connectivity index (χ0v) is 20.1. The summed E-state index contributed by atoms with van der Waals surface area (Å²) in [5.74, 6) is -0.462. The summed E-state index contributed by atoms with van der Waals surface area (Å²) >= 11 is 12.3. The molecule has 3 rings (SSSR count). The molecule has 0 bridgehead atoms. The summed E-state index contributed by atoms with van der Waals surface area (Å²) in [4.78, 5) is 13.2. The van der Waals surface area contributed by atoms with Crippen molar-refractivity contribution in [1.29, 1.82) is 0 Å². The van der Waals surface area contributed by atoms with E-state index in [2.05, 4.69) is 5.32 Å². The third kappa shape index (κ3) is 5.44. The molecule has 1 N–H and O–H groups in total. The first-order valence-electron chi connectivity index (χ1n) is 10.2. The molecule has 8 heteroatoms. The topological polar surface area (TPSA) is 66.5 Å². The van der Waals surface area contributed by atoms with Crippen LogP contribution in [0.2, 0.25) is 10.0 Å². The van der Waals surface area contributed by atoms with Crippen LogP contribution in [0.4, 0.5) is 11.4 Å². The first kappa shape index (κ1) is 24.1. The Kier molecular flexibility index (Phi) is 7.82. The maximum absolute atomic E-state index is 13.4. The van der Waals surface area contributed by atoms with E-state index in [1.165, 1.54) is 30.3 Å². The summed E-state index contributed by atoms with van der Waals surface area (Å²) in [6.45, 7) is 3.57. The van der Waals surface area contributed by atoms with Gasteiger partial charge in [0, 0.05) is 15.7 Å². The third-order valence-corrected chi connectivity index (χ3v) is 7.24. The Morgan fingerprint density at radius 1 is 0.875 bits per heavy atom. The van der Waals surface area contributed by atoms with Gasteiger partial charge in [-0.05, 0) is 54.3 Å². The molecule has 32 heavy (non-hydrogen) atoms. The average molecular weight is 491 g/mol. The minimum absolute atomic E-state index is 0.0621. The molecule has 3 aromatic carbocycles. The van der Waals surface area contributed by atoms with Crippen LogP contribution >= 0.6 is 23.2 Å². The molecule has 0 spiro atoms. The largest absolute Gasteiger partial charge is 0.324 e. The molecule has 0 saturated carbocycles. The Bertz CT molecular complexity index is 1170. The molecule has 0 unspecified atom stereocenters. The smallest absolute Gasteiger partial charge is 0.264 e. The molecule has 0 aliphatic rings. The summed E-state index contributed by atoms with van der Waals surface area (Å²) < 4.78 is 27.9. The predicted molar refractivity (Wildman–Crippen MR) is 131 cm³/mol. The lowest BCUT2D eigenvalue weighted by atomic mass is 10.0. The first-order valence-corrected chi connectivity index (χ1v) is 12.4. The highest BCUT2D eigenvalue weighted by molar-refractivity contribution is 7.92. The molecule has 0 radical (unpaired) electrons. The second-order valence-electron chi connectivity index (χ2n) is 7.16. The lowest BCUT2D eigenvalue weighted by Gasteiger charge is -2.25. The van der Waals surface area contributed by atoms with Crippen LogP contribution in [-0.2, 0) is 27.7 Å². The summed E-state index contributed by atoms with van der Waals surface area (Å²) in [6, 6.07) is 18.2. The fourth-order valence-corrected chi connectivity index (χ4v) is 5.37. The standard InChI is InChI=1S/C24H24Cl2N2O3S/c1-3-17-9-8-10-18(4-2)24(17)27-23(29)16-28(21-14-19(25)13-20(26)15-21)32(30,31)22-11-6-5-7-12-22/h5-15H,3-4,16H2,1-2H3,(H,27,29). The molecule has 0 saturated heterocycles. The number of aryl methyl sites for hydroxylation is 2. The number of hydrogen-bond donors (Lipinski definition) is 1. The monoisotopic (exact) mass is 490 g/mol. The molecular formula is C24H24Cl2N2O3S. The van der Waals surface area contributed by atoms with Crippen molar-refractivity contribution in [3.63, 3.8) is 0 Å². The van der Waals surface area contributed by atoms with E-state index in [9.17, 15) is 13.2 Å². The van der Waals surface area contributed by atoms with E-state index in [-0.39, 0.29) is 20.6 Å². The van der Waals surface area contributed by atoms with Gasteiger partial charge in [-0.15, -0.1) is 0 Å². The van der Waals surface area contributed by atoms with Crippen molar-refractivity contribution in [2.45, 2.75) is 31.6 Å². The van der Waals surface area contributed by atoms with Gasteiger partial charge in [0.15, 0.2) is 0 Å². The Labute approximate surface area is 199 Å². The normalized spacial score (nSPS) is 11.2. The molecule has 3 aromatic rings. The predicted octanol–water partition coefficient (Wildman–Crippen LogP) is 5.95. The Morgan fingerprint density at radius 2 is 1.44 bits per heavy atom. The van der Waals surface area contributed by atoms with Gasteiger partial charge in [0.25, 0.3) is 10.0 Å². The molecule has 0 fully saturated rings. The molecule has 0 aliphatic heterocycles. The van der Waals surface area contributed by atoms with Crippen LogP contribution in [0.1, 0.15) is 25.0 Å². The number of rotatable bonds is 8. The van der Waals surface area contributed by atoms with E-state index in [0.717, 1.165) is 34.0 Å². The quantitative estimate of drug-likeness (QED) is 0.423. The zero-order valence-electron chi connectivity index (χ0n) is 17.8. The van der Waals surface area contributed by atoms with Crippen molar-refractivity contribution in [3.8, 4) is 0 Å². The number of carbonyl (C=O) groups is 1. The van der Waals surface area contributed by atoms with Gasteiger partial charge >= 0.3 is 0 Å². The van der Waals surface area contributed by atoms with Crippen molar-refractivity contribution < 1.29 is 13.2 Å². The molecule has 0 atom stereocenters. The van der Waals surface area contributed by atoms with E-state index in [0.29, 0.717) is 0 Å². The van der Waals surface area contributed by atoms with Crippen LogP contribution in [0.25, 0.3) is 0 Å². The highest BCUT2D eigenvalue weighted by atomic mass is 35.5. The van der Waals surface area contributed by atoms with Crippen molar-refractivity contribution in [2.75, 3.05) is 16.2 Å². The van der Waals surface area contributed by atoms with E-state index in [1.807, 2.05) is 32.0 Å². The van der Waals surface area contributed by atoms with Gasteiger partial charge in [0.2, 0.25) is 5.91 Å².